The molecule has 0 unspecified atom stereocenters. The normalized spacial score (nSPS) is 13.7. The highest BCUT2D eigenvalue weighted by molar-refractivity contribution is 5.64. The molecule has 0 amide bonds. The van der Waals surface area contributed by atoms with Crippen molar-refractivity contribution in [1.82, 2.24) is 15.1 Å². The zero-order chi connectivity index (χ0) is 17.4. The van der Waals surface area contributed by atoms with Crippen molar-refractivity contribution < 1.29 is 13.2 Å². The van der Waals surface area contributed by atoms with E-state index in [1.165, 1.54) is 6.07 Å². The SMILES string of the molecule is Fc1ccc(Cn2nc(-c3ccccc3)c3c2CCNC3)c(F)c1F. The Morgan fingerprint density at radius 3 is 2.60 bits per heavy atom. The Balaban J connectivity index is 1.78. The summed E-state index contributed by atoms with van der Waals surface area (Å²) in [6, 6.07) is 12.0. The highest BCUT2D eigenvalue weighted by Gasteiger charge is 2.23. The minimum Gasteiger partial charge on any atom is -0.312 e. The van der Waals surface area contributed by atoms with Crippen molar-refractivity contribution in [2.45, 2.75) is 19.5 Å². The Morgan fingerprint density at radius 1 is 1.00 bits per heavy atom. The molecule has 0 radical (unpaired) electrons. The number of benzene rings is 2. The van der Waals surface area contributed by atoms with E-state index in [0.717, 1.165) is 41.5 Å². The van der Waals surface area contributed by atoms with Gasteiger partial charge in [-0.05, 0) is 6.07 Å². The van der Waals surface area contributed by atoms with E-state index >= 15 is 0 Å². The highest BCUT2D eigenvalue weighted by Crippen LogP contribution is 2.28. The molecule has 1 aliphatic rings. The third-order valence-electron chi connectivity index (χ3n) is 4.49. The van der Waals surface area contributed by atoms with E-state index in [4.69, 9.17) is 0 Å². The van der Waals surface area contributed by atoms with Gasteiger partial charge in [0.1, 0.15) is 0 Å². The van der Waals surface area contributed by atoms with Gasteiger partial charge in [0, 0.05) is 41.9 Å². The average molecular weight is 343 g/mol. The van der Waals surface area contributed by atoms with E-state index in [9.17, 15) is 13.2 Å². The van der Waals surface area contributed by atoms with Crippen LogP contribution in [0.4, 0.5) is 13.2 Å². The molecule has 0 bridgehead atoms. The van der Waals surface area contributed by atoms with Crippen molar-refractivity contribution in [2.24, 2.45) is 0 Å². The van der Waals surface area contributed by atoms with Crippen molar-refractivity contribution >= 4 is 0 Å². The largest absolute Gasteiger partial charge is 0.312 e. The summed E-state index contributed by atoms with van der Waals surface area (Å²) in [5.41, 5.74) is 3.97. The summed E-state index contributed by atoms with van der Waals surface area (Å²) < 4.78 is 42.4. The van der Waals surface area contributed by atoms with Crippen LogP contribution in [0.15, 0.2) is 42.5 Å². The van der Waals surface area contributed by atoms with Gasteiger partial charge in [-0.25, -0.2) is 13.2 Å². The van der Waals surface area contributed by atoms with Gasteiger partial charge in [-0.3, -0.25) is 4.68 Å². The Bertz CT molecular complexity index is 919. The van der Waals surface area contributed by atoms with Crippen LogP contribution in [0.3, 0.4) is 0 Å². The Kier molecular flexibility index (Phi) is 4.05. The molecule has 3 aromatic rings. The lowest BCUT2D eigenvalue weighted by Crippen LogP contribution is -2.25. The van der Waals surface area contributed by atoms with Gasteiger partial charge in [0.15, 0.2) is 17.5 Å². The molecule has 25 heavy (non-hydrogen) atoms. The number of nitrogens with one attached hydrogen (secondary N) is 1. The molecule has 4 rings (SSSR count). The van der Waals surface area contributed by atoms with E-state index in [1.54, 1.807) is 4.68 Å². The second kappa shape index (κ2) is 6.37. The van der Waals surface area contributed by atoms with Crippen LogP contribution in [-0.2, 0) is 19.5 Å². The first-order valence-electron chi connectivity index (χ1n) is 8.12. The standard InChI is InChI=1S/C19H16F3N3/c20-15-7-6-13(17(21)18(15)22)11-25-16-8-9-23-10-14(16)19(24-25)12-4-2-1-3-5-12/h1-7,23H,8-11H2. The number of nitrogens with zero attached hydrogens (tertiary/aromatic N) is 2. The zero-order valence-electron chi connectivity index (χ0n) is 13.4. The maximum Gasteiger partial charge on any atom is 0.194 e. The topological polar surface area (TPSA) is 29.9 Å². The summed E-state index contributed by atoms with van der Waals surface area (Å²) in [6.45, 7) is 1.55. The lowest BCUT2D eigenvalue weighted by Gasteiger charge is -2.16. The fourth-order valence-corrected chi connectivity index (χ4v) is 3.23. The molecular weight excluding hydrogens is 327 g/mol. The van der Waals surface area contributed by atoms with Crippen molar-refractivity contribution in [2.75, 3.05) is 6.54 Å². The van der Waals surface area contributed by atoms with Gasteiger partial charge in [-0.2, -0.15) is 5.10 Å². The van der Waals surface area contributed by atoms with Crippen LogP contribution in [0, 0.1) is 17.5 Å². The number of hydrogen-bond acceptors (Lipinski definition) is 2. The van der Waals surface area contributed by atoms with Crippen LogP contribution < -0.4 is 5.32 Å². The smallest absolute Gasteiger partial charge is 0.194 e. The van der Waals surface area contributed by atoms with E-state index in [-0.39, 0.29) is 12.1 Å². The maximum absolute atomic E-state index is 14.0. The third kappa shape index (κ3) is 2.82. The summed E-state index contributed by atoms with van der Waals surface area (Å²) in [5.74, 6) is -3.78. The minimum absolute atomic E-state index is 0.0677. The molecule has 1 N–H and O–H groups in total. The zero-order valence-corrected chi connectivity index (χ0v) is 13.4. The second-order valence-electron chi connectivity index (χ2n) is 6.06. The first-order valence-corrected chi connectivity index (χ1v) is 8.12. The van der Waals surface area contributed by atoms with Crippen LogP contribution in [-0.4, -0.2) is 16.3 Å². The molecule has 1 aromatic heterocycles. The van der Waals surface area contributed by atoms with Gasteiger partial charge >= 0.3 is 0 Å². The lowest BCUT2D eigenvalue weighted by atomic mass is 10.0. The van der Waals surface area contributed by atoms with Crippen LogP contribution in [0.2, 0.25) is 0 Å². The first-order chi connectivity index (χ1) is 12.1. The van der Waals surface area contributed by atoms with Gasteiger partial charge < -0.3 is 5.32 Å². The summed E-state index contributed by atoms with van der Waals surface area (Å²) in [4.78, 5) is 0. The van der Waals surface area contributed by atoms with Crippen LogP contribution in [0.1, 0.15) is 16.8 Å². The van der Waals surface area contributed by atoms with Gasteiger partial charge in [0.25, 0.3) is 0 Å². The summed E-state index contributed by atoms with van der Waals surface area (Å²) in [7, 11) is 0. The molecule has 6 heteroatoms. The summed E-state index contributed by atoms with van der Waals surface area (Å²) in [6.07, 6.45) is 0.750. The quantitative estimate of drug-likeness (QED) is 0.736. The van der Waals surface area contributed by atoms with Gasteiger partial charge in [0.05, 0.1) is 12.2 Å². The number of rotatable bonds is 3. The van der Waals surface area contributed by atoms with Crippen molar-refractivity contribution in [3.63, 3.8) is 0 Å². The monoisotopic (exact) mass is 343 g/mol. The molecule has 0 atom stereocenters. The van der Waals surface area contributed by atoms with E-state index in [0.29, 0.717) is 6.54 Å². The predicted octanol–water partition coefficient (Wildman–Crippen LogP) is 3.66. The van der Waals surface area contributed by atoms with Crippen molar-refractivity contribution in [3.8, 4) is 11.3 Å². The summed E-state index contributed by atoms with van der Waals surface area (Å²) >= 11 is 0. The third-order valence-corrected chi connectivity index (χ3v) is 4.49. The van der Waals surface area contributed by atoms with E-state index in [1.807, 2.05) is 30.3 Å². The molecule has 3 nitrogen and oxygen atoms in total. The number of aromatic nitrogens is 2. The molecular formula is C19H16F3N3. The fraction of sp³-hybridized carbons (Fsp3) is 0.211. The van der Waals surface area contributed by atoms with Crippen molar-refractivity contribution in [3.05, 3.63) is 76.7 Å². The number of hydrogen-bond donors (Lipinski definition) is 1. The molecule has 128 valence electrons. The molecule has 0 fully saturated rings. The Labute approximate surface area is 143 Å². The van der Waals surface area contributed by atoms with Crippen LogP contribution in [0.5, 0.6) is 0 Å². The molecule has 0 spiro atoms. The van der Waals surface area contributed by atoms with Gasteiger partial charge in [-0.1, -0.05) is 36.4 Å². The minimum atomic E-state index is -1.44. The first kappa shape index (κ1) is 15.9. The number of fused-ring (bicyclic) bond motifs is 1. The van der Waals surface area contributed by atoms with Crippen LogP contribution >= 0.6 is 0 Å². The summed E-state index contributed by atoms with van der Waals surface area (Å²) in [5, 5.41) is 7.96. The Morgan fingerprint density at radius 2 is 1.80 bits per heavy atom. The average Bonchev–Trinajstić information content (AvgIpc) is 3.02. The predicted molar refractivity (Wildman–Crippen MR) is 88.5 cm³/mol. The number of halogens is 3. The van der Waals surface area contributed by atoms with Crippen LogP contribution in [0.25, 0.3) is 11.3 Å². The van der Waals surface area contributed by atoms with E-state index < -0.39 is 17.5 Å². The van der Waals surface area contributed by atoms with E-state index in [2.05, 4.69) is 10.4 Å². The highest BCUT2D eigenvalue weighted by atomic mass is 19.2. The molecule has 2 heterocycles. The van der Waals surface area contributed by atoms with Crippen molar-refractivity contribution in [1.29, 1.82) is 0 Å². The van der Waals surface area contributed by atoms with Gasteiger partial charge in [-0.15, -0.1) is 0 Å². The molecule has 1 aliphatic heterocycles. The maximum atomic E-state index is 14.0. The molecule has 0 aliphatic carbocycles. The fourth-order valence-electron chi connectivity index (χ4n) is 3.23. The molecule has 0 saturated heterocycles. The molecule has 2 aromatic carbocycles. The second-order valence-corrected chi connectivity index (χ2v) is 6.06. The van der Waals surface area contributed by atoms with Gasteiger partial charge in [0.2, 0.25) is 0 Å². The molecule has 0 saturated carbocycles. The Hall–Kier alpha value is -2.60. The lowest BCUT2D eigenvalue weighted by molar-refractivity contribution is 0.436.